The van der Waals surface area contributed by atoms with Gasteiger partial charge in [-0.2, -0.15) is 0 Å². The quantitative estimate of drug-likeness (QED) is 0.636. The maximum atomic E-state index is 12.9. The summed E-state index contributed by atoms with van der Waals surface area (Å²) in [6.07, 6.45) is 1.22. The average Bonchev–Trinajstić information content (AvgIpc) is 2.92. The zero-order valence-corrected chi connectivity index (χ0v) is 12.3. The number of primary amides is 1. The van der Waals surface area contributed by atoms with Crippen LogP contribution in [0.1, 0.15) is 38.4 Å². The van der Waals surface area contributed by atoms with Crippen LogP contribution in [0.2, 0.25) is 0 Å². The molecule has 2 aromatic rings. The molecule has 0 aliphatic carbocycles. The molecule has 8 heteroatoms. The molecule has 0 aliphatic heterocycles. The predicted octanol–water partition coefficient (Wildman–Crippen LogP) is 1.18. The summed E-state index contributed by atoms with van der Waals surface area (Å²) >= 11 is 0. The van der Waals surface area contributed by atoms with E-state index >= 15 is 0 Å². The molecule has 23 heavy (non-hydrogen) atoms. The van der Waals surface area contributed by atoms with Gasteiger partial charge < -0.3 is 15.0 Å². The van der Waals surface area contributed by atoms with Crippen molar-refractivity contribution in [1.82, 2.24) is 9.55 Å². The van der Waals surface area contributed by atoms with Gasteiger partial charge in [0.15, 0.2) is 17.3 Å². The number of benzene rings is 1. The van der Waals surface area contributed by atoms with Crippen LogP contribution in [-0.4, -0.2) is 33.8 Å². The van der Waals surface area contributed by atoms with Crippen molar-refractivity contribution >= 4 is 17.7 Å². The number of rotatable bonds is 6. The molecule has 0 atom stereocenters. The second kappa shape index (κ2) is 6.82. The van der Waals surface area contributed by atoms with Crippen molar-refractivity contribution in [2.75, 3.05) is 6.61 Å². The molecule has 0 bridgehead atoms. The van der Waals surface area contributed by atoms with E-state index in [1.54, 1.807) is 6.92 Å². The number of hydrogen-bond donors (Lipinski definition) is 1. The lowest BCUT2D eigenvalue weighted by Gasteiger charge is -2.04. The Morgan fingerprint density at radius 3 is 2.48 bits per heavy atom. The smallest absolute Gasteiger partial charge is 0.358 e. The molecule has 0 spiro atoms. The molecule has 1 aromatic heterocycles. The van der Waals surface area contributed by atoms with Crippen molar-refractivity contribution in [1.29, 1.82) is 0 Å². The highest BCUT2D eigenvalue weighted by atomic mass is 19.1. The van der Waals surface area contributed by atoms with Gasteiger partial charge in [0.2, 0.25) is 0 Å². The highest BCUT2D eigenvalue weighted by Crippen LogP contribution is 2.09. The Labute approximate surface area is 130 Å². The number of ketones is 1. The van der Waals surface area contributed by atoms with Gasteiger partial charge in [0, 0.05) is 11.8 Å². The molecule has 7 nitrogen and oxygen atoms in total. The number of nitrogens with zero attached hydrogens (tertiary/aromatic N) is 2. The van der Waals surface area contributed by atoms with E-state index in [2.05, 4.69) is 4.98 Å². The third-order valence-corrected chi connectivity index (χ3v) is 2.96. The first kappa shape index (κ1) is 16.3. The number of imidazole rings is 1. The molecule has 0 unspecified atom stereocenters. The molecular weight excluding hydrogens is 305 g/mol. The van der Waals surface area contributed by atoms with Gasteiger partial charge in [-0.1, -0.05) is 0 Å². The zero-order valence-electron chi connectivity index (χ0n) is 12.3. The first-order chi connectivity index (χ1) is 10.9. The van der Waals surface area contributed by atoms with Crippen LogP contribution in [0.15, 0.2) is 30.5 Å². The Morgan fingerprint density at radius 2 is 1.91 bits per heavy atom. The summed E-state index contributed by atoms with van der Waals surface area (Å²) < 4.78 is 18.8. The topological polar surface area (TPSA) is 104 Å². The number of hydrogen-bond acceptors (Lipinski definition) is 5. The molecule has 0 saturated carbocycles. The van der Waals surface area contributed by atoms with Crippen molar-refractivity contribution in [3.8, 4) is 0 Å². The lowest BCUT2D eigenvalue weighted by molar-refractivity contribution is 0.0519. The van der Waals surface area contributed by atoms with Crippen molar-refractivity contribution in [2.45, 2.75) is 13.5 Å². The number of halogens is 1. The van der Waals surface area contributed by atoms with Crippen LogP contribution in [0.4, 0.5) is 4.39 Å². The van der Waals surface area contributed by atoms with Crippen LogP contribution in [0.25, 0.3) is 0 Å². The molecular formula is C15H14FN3O4. The predicted molar refractivity (Wildman–Crippen MR) is 77.4 cm³/mol. The summed E-state index contributed by atoms with van der Waals surface area (Å²) in [5.74, 6) is -2.69. The Kier molecular flexibility index (Phi) is 4.85. The van der Waals surface area contributed by atoms with Gasteiger partial charge in [-0.15, -0.1) is 0 Å². The molecule has 1 heterocycles. The molecule has 2 N–H and O–H groups in total. The molecule has 1 amide bonds. The number of nitrogens with two attached hydrogens (primary N) is 1. The first-order valence-corrected chi connectivity index (χ1v) is 6.75. The molecule has 1 aromatic carbocycles. The number of carbonyl (C=O) groups excluding carboxylic acids is 3. The molecule has 0 radical (unpaired) electrons. The number of carbonyl (C=O) groups is 3. The van der Waals surface area contributed by atoms with Crippen LogP contribution < -0.4 is 5.73 Å². The second-order valence-electron chi connectivity index (χ2n) is 4.59. The van der Waals surface area contributed by atoms with E-state index in [0.717, 1.165) is 12.1 Å². The number of Topliss-reactive ketones (excluding diaryl/α,β-unsaturated/α-hetero) is 1. The number of ether oxygens (including phenoxy) is 1. The maximum Gasteiger partial charge on any atom is 0.358 e. The summed E-state index contributed by atoms with van der Waals surface area (Å²) in [4.78, 5) is 39.0. The summed E-state index contributed by atoms with van der Waals surface area (Å²) in [6.45, 7) is 1.50. The van der Waals surface area contributed by atoms with Gasteiger partial charge in [-0.05, 0) is 31.2 Å². The second-order valence-corrected chi connectivity index (χ2v) is 4.59. The SMILES string of the molecule is CCOC(=O)c1cn(CC(=O)c2ccc(F)cc2)c(C(N)=O)n1. The lowest BCUT2D eigenvalue weighted by Crippen LogP contribution is -2.20. The third-order valence-electron chi connectivity index (χ3n) is 2.96. The van der Waals surface area contributed by atoms with Gasteiger partial charge in [-0.25, -0.2) is 14.2 Å². The standard InChI is InChI=1S/C15H14FN3O4/c1-2-23-15(22)11-7-19(14(18-11)13(17)21)8-12(20)9-3-5-10(16)6-4-9/h3-7H,2,8H2,1H3,(H2,17,21). The Morgan fingerprint density at radius 1 is 1.26 bits per heavy atom. The van der Waals surface area contributed by atoms with Crippen LogP contribution in [0.5, 0.6) is 0 Å². The fourth-order valence-corrected chi connectivity index (χ4v) is 1.92. The van der Waals surface area contributed by atoms with Crippen LogP contribution >= 0.6 is 0 Å². The highest BCUT2D eigenvalue weighted by Gasteiger charge is 2.20. The van der Waals surface area contributed by atoms with E-state index in [1.807, 2.05) is 0 Å². The minimum absolute atomic E-state index is 0.118. The minimum Gasteiger partial charge on any atom is -0.461 e. The van der Waals surface area contributed by atoms with Crippen molar-refractivity contribution in [3.63, 3.8) is 0 Å². The molecule has 120 valence electrons. The normalized spacial score (nSPS) is 10.3. The van der Waals surface area contributed by atoms with E-state index in [1.165, 1.54) is 22.9 Å². The van der Waals surface area contributed by atoms with Crippen LogP contribution in [0, 0.1) is 5.82 Å². The van der Waals surface area contributed by atoms with E-state index in [0.29, 0.717) is 0 Å². The van der Waals surface area contributed by atoms with Gasteiger partial charge in [-0.3, -0.25) is 9.59 Å². The van der Waals surface area contributed by atoms with Crippen LogP contribution in [0.3, 0.4) is 0 Å². The maximum absolute atomic E-state index is 12.9. The first-order valence-electron chi connectivity index (χ1n) is 6.75. The Hall–Kier alpha value is -3.03. The van der Waals surface area contributed by atoms with Crippen molar-refractivity contribution < 1.29 is 23.5 Å². The molecule has 0 aliphatic rings. The number of amides is 1. The van der Waals surface area contributed by atoms with Crippen LogP contribution in [-0.2, 0) is 11.3 Å². The summed E-state index contributed by atoms with van der Waals surface area (Å²) in [5.41, 5.74) is 5.34. The van der Waals surface area contributed by atoms with Gasteiger partial charge in [0.05, 0.1) is 13.2 Å². The van der Waals surface area contributed by atoms with Crippen molar-refractivity contribution in [3.05, 3.63) is 53.4 Å². The van der Waals surface area contributed by atoms with E-state index < -0.39 is 17.7 Å². The average molecular weight is 319 g/mol. The molecule has 2 rings (SSSR count). The highest BCUT2D eigenvalue weighted by molar-refractivity contribution is 5.97. The van der Waals surface area contributed by atoms with Gasteiger partial charge in [0.1, 0.15) is 5.82 Å². The van der Waals surface area contributed by atoms with Crippen molar-refractivity contribution in [2.24, 2.45) is 5.73 Å². The zero-order chi connectivity index (χ0) is 17.0. The summed E-state index contributed by atoms with van der Waals surface area (Å²) in [6, 6.07) is 4.95. The fourth-order valence-electron chi connectivity index (χ4n) is 1.92. The van der Waals surface area contributed by atoms with Gasteiger partial charge >= 0.3 is 5.97 Å². The van der Waals surface area contributed by atoms with E-state index in [9.17, 15) is 18.8 Å². The summed E-state index contributed by atoms with van der Waals surface area (Å²) in [5, 5.41) is 0. The largest absolute Gasteiger partial charge is 0.461 e. The Bertz CT molecular complexity index is 753. The fraction of sp³-hybridized carbons (Fsp3) is 0.200. The summed E-state index contributed by atoms with van der Waals surface area (Å²) in [7, 11) is 0. The Balaban J connectivity index is 2.27. The van der Waals surface area contributed by atoms with E-state index in [4.69, 9.17) is 10.5 Å². The molecule has 0 fully saturated rings. The monoisotopic (exact) mass is 319 g/mol. The number of aromatic nitrogens is 2. The molecule has 0 saturated heterocycles. The van der Waals surface area contributed by atoms with E-state index in [-0.39, 0.29) is 36.0 Å². The third kappa shape index (κ3) is 3.79. The van der Waals surface area contributed by atoms with Gasteiger partial charge in [0.25, 0.3) is 5.91 Å². The lowest BCUT2D eigenvalue weighted by atomic mass is 10.1. The minimum atomic E-state index is -0.882. The number of esters is 1.